The molecule has 1 fully saturated rings. The average Bonchev–Trinajstić information content (AvgIpc) is 2.99. The standard InChI is InChI=1S/C22H37NO3/c1-4-6-7-8-9-10-11-12-18-13-15-20-21(24)16-14-19(17(3)23(18)20)22(25)26-5-2/h18,20H,4-16H2,1-3H3/t18-,20+/m1/s1. The van der Waals surface area contributed by atoms with Crippen LogP contribution in [0.3, 0.4) is 0 Å². The van der Waals surface area contributed by atoms with Crippen molar-refractivity contribution in [3.05, 3.63) is 11.3 Å². The van der Waals surface area contributed by atoms with Crippen molar-refractivity contribution in [2.45, 2.75) is 110 Å². The molecular weight excluding hydrogens is 326 g/mol. The Morgan fingerprint density at radius 2 is 1.73 bits per heavy atom. The van der Waals surface area contributed by atoms with E-state index in [0.717, 1.165) is 25.0 Å². The fourth-order valence-electron chi connectivity index (χ4n) is 4.55. The van der Waals surface area contributed by atoms with Crippen LogP contribution in [0.25, 0.3) is 0 Å². The highest BCUT2D eigenvalue weighted by molar-refractivity contribution is 5.93. The highest BCUT2D eigenvalue weighted by atomic mass is 16.5. The molecule has 0 amide bonds. The van der Waals surface area contributed by atoms with Gasteiger partial charge in [0, 0.05) is 18.2 Å². The summed E-state index contributed by atoms with van der Waals surface area (Å²) in [7, 11) is 0. The maximum atomic E-state index is 12.6. The van der Waals surface area contributed by atoms with Crippen molar-refractivity contribution in [1.29, 1.82) is 0 Å². The Morgan fingerprint density at radius 3 is 2.42 bits per heavy atom. The minimum atomic E-state index is -0.236. The zero-order chi connectivity index (χ0) is 18.9. The Labute approximate surface area is 159 Å². The van der Waals surface area contributed by atoms with Crippen LogP contribution in [0.2, 0.25) is 0 Å². The lowest BCUT2D eigenvalue weighted by molar-refractivity contribution is -0.138. The van der Waals surface area contributed by atoms with Crippen LogP contribution in [0.5, 0.6) is 0 Å². The number of ketones is 1. The Bertz CT molecular complexity index is 512. The molecule has 2 aliphatic rings. The summed E-state index contributed by atoms with van der Waals surface area (Å²) >= 11 is 0. The molecular formula is C22H37NO3. The predicted octanol–water partition coefficient (Wildman–Crippen LogP) is 5.16. The summed E-state index contributed by atoms with van der Waals surface area (Å²) in [4.78, 5) is 27.2. The number of ether oxygens (including phenoxy) is 1. The van der Waals surface area contributed by atoms with Crippen LogP contribution in [0.1, 0.15) is 97.8 Å². The van der Waals surface area contributed by atoms with E-state index in [1.165, 1.54) is 44.9 Å². The van der Waals surface area contributed by atoms with E-state index in [1.54, 1.807) is 0 Å². The van der Waals surface area contributed by atoms with E-state index < -0.39 is 0 Å². The molecule has 2 heterocycles. The molecule has 0 N–H and O–H groups in total. The van der Waals surface area contributed by atoms with E-state index in [2.05, 4.69) is 11.8 Å². The quantitative estimate of drug-likeness (QED) is 0.397. The first-order valence-electron chi connectivity index (χ1n) is 10.8. The second-order valence-corrected chi connectivity index (χ2v) is 7.81. The summed E-state index contributed by atoms with van der Waals surface area (Å²) in [6.45, 7) is 6.48. The Kier molecular flexibility index (Phi) is 8.67. The molecule has 4 nitrogen and oxygen atoms in total. The van der Waals surface area contributed by atoms with E-state index in [1.807, 2.05) is 13.8 Å². The third-order valence-corrected chi connectivity index (χ3v) is 5.98. The number of fused-ring (bicyclic) bond motifs is 1. The number of allylic oxidation sites excluding steroid dienone is 1. The van der Waals surface area contributed by atoms with Crippen LogP contribution in [0.4, 0.5) is 0 Å². The fraction of sp³-hybridized carbons (Fsp3) is 0.818. The third-order valence-electron chi connectivity index (χ3n) is 5.98. The molecule has 0 bridgehead atoms. The van der Waals surface area contributed by atoms with Gasteiger partial charge in [0.15, 0.2) is 5.78 Å². The van der Waals surface area contributed by atoms with Gasteiger partial charge >= 0.3 is 5.97 Å². The van der Waals surface area contributed by atoms with E-state index in [0.29, 0.717) is 36.8 Å². The Balaban J connectivity index is 1.95. The van der Waals surface area contributed by atoms with Crippen LogP contribution >= 0.6 is 0 Å². The van der Waals surface area contributed by atoms with Gasteiger partial charge in [-0.05, 0) is 39.5 Å². The molecule has 0 aromatic carbocycles. The molecule has 0 aliphatic carbocycles. The van der Waals surface area contributed by atoms with Crippen molar-refractivity contribution in [3.63, 3.8) is 0 Å². The molecule has 2 aliphatic heterocycles. The first kappa shape index (κ1) is 21.0. The lowest BCUT2D eigenvalue weighted by atomic mass is 10.0. The minimum Gasteiger partial charge on any atom is -0.463 e. The number of hydrogen-bond donors (Lipinski definition) is 0. The largest absolute Gasteiger partial charge is 0.463 e. The van der Waals surface area contributed by atoms with Gasteiger partial charge in [0.2, 0.25) is 0 Å². The van der Waals surface area contributed by atoms with Gasteiger partial charge < -0.3 is 9.64 Å². The van der Waals surface area contributed by atoms with Crippen LogP contribution in [-0.2, 0) is 14.3 Å². The fourth-order valence-corrected chi connectivity index (χ4v) is 4.55. The number of hydrogen-bond acceptors (Lipinski definition) is 4. The second-order valence-electron chi connectivity index (χ2n) is 7.81. The molecule has 1 saturated heterocycles. The SMILES string of the molecule is CCCCCCCCC[C@@H]1CC[C@H]2C(=O)CCC(C(=O)OCC)=C(C)N12. The van der Waals surface area contributed by atoms with Crippen LogP contribution in [-0.4, -0.2) is 35.3 Å². The molecule has 26 heavy (non-hydrogen) atoms. The van der Waals surface area contributed by atoms with Crippen LogP contribution in [0, 0.1) is 0 Å². The lowest BCUT2D eigenvalue weighted by Gasteiger charge is -2.32. The lowest BCUT2D eigenvalue weighted by Crippen LogP contribution is -2.38. The van der Waals surface area contributed by atoms with Gasteiger partial charge in [-0.1, -0.05) is 51.9 Å². The van der Waals surface area contributed by atoms with Crippen molar-refractivity contribution >= 4 is 11.8 Å². The summed E-state index contributed by atoms with van der Waals surface area (Å²) in [6, 6.07) is 0.388. The maximum Gasteiger partial charge on any atom is 0.335 e. The molecule has 2 rings (SSSR count). The van der Waals surface area contributed by atoms with Gasteiger partial charge in [0.1, 0.15) is 0 Å². The summed E-state index contributed by atoms with van der Waals surface area (Å²) in [5, 5.41) is 0. The molecule has 0 radical (unpaired) electrons. The number of unbranched alkanes of at least 4 members (excludes halogenated alkanes) is 6. The zero-order valence-corrected chi connectivity index (χ0v) is 17.0. The molecule has 0 spiro atoms. The molecule has 4 heteroatoms. The van der Waals surface area contributed by atoms with Gasteiger partial charge in [-0.25, -0.2) is 4.79 Å². The maximum absolute atomic E-state index is 12.6. The van der Waals surface area contributed by atoms with E-state index in [-0.39, 0.29) is 12.0 Å². The number of carbonyl (C=O) groups excluding carboxylic acids is 2. The van der Waals surface area contributed by atoms with Crippen molar-refractivity contribution in [3.8, 4) is 0 Å². The van der Waals surface area contributed by atoms with E-state index in [4.69, 9.17) is 4.74 Å². The molecule has 2 atom stereocenters. The van der Waals surface area contributed by atoms with Gasteiger partial charge in [-0.15, -0.1) is 0 Å². The topological polar surface area (TPSA) is 46.6 Å². The Morgan fingerprint density at radius 1 is 1.04 bits per heavy atom. The van der Waals surface area contributed by atoms with Crippen LogP contribution in [0.15, 0.2) is 11.3 Å². The number of rotatable bonds is 10. The molecule has 0 saturated carbocycles. The summed E-state index contributed by atoms with van der Waals surface area (Å²) in [6.07, 6.45) is 13.3. The van der Waals surface area contributed by atoms with Crippen molar-refractivity contribution in [1.82, 2.24) is 4.90 Å². The number of esters is 1. The van der Waals surface area contributed by atoms with E-state index >= 15 is 0 Å². The van der Waals surface area contributed by atoms with Crippen molar-refractivity contribution in [2.75, 3.05) is 6.61 Å². The second kappa shape index (κ2) is 10.7. The van der Waals surface area contributed by atoms with Gasteiger partial charge in [0.25, 0.3) is 0 Å². The van der Waals surface area contributed by atoms with Gasteiger partial charge in [0.05, 0.1) is 18.2 Å². The normalized spacial score (nSPS) is 23.2. The van der Waals surface area contributed by atoms with Gasteiger partial charge in [-0.2, -0.15) is 0 Å². The Hall–Kier alpha value is -1.32. The van der Waals surface area contributed by atoms with Crippen LogP contribution < -0.4 is 0 Å². The van der Waals surface area contributed by atoms with Crippen molar-refractivity contribution in [2.24, 2.45) is 0 Å². The third kappa shape index (κ3) is 5.34. The molecule has 0 aromatic rings. The number of nitrogens with zero attached hydrogens (tertiary/aromatic N) is 1. The smallest absolute Gasteiger partial charge is 0.335 e. The molecule has 0 unspecified atom stereocenters. The highest BCUT2D eigenvalue weighted by Crippen LogP contribution is 2.37. The first-order valence-corrected chi connectivity index (χ1v) is 10.8. The molecule has 0 aromatic heterocycles. The summed E-state index contributed by atoms with van der Waals surface area (Å²) in [5.41, 5.74) is 1.71. The zero-order valence-electron chi connectivity index (χ0n) is 17.0. The minimum absolute atomic E-state index is 0.0171. The molecule has 148 valence electrons. The average molecular weight is 364 g/mol. The van der Waals surface area contributed by atoms with E-state index in [9.17, 15) is 9.59 Å². The first-order chi connectivity index (χ1) is 12.6. The van der Waals surface area contributed by atoms with Gasteiger partial charge in [-0.3, -0.25) is 4.79 Å². The van der Waals surface area contributed by atoms with Crippen molar-refractivity contribution < 1.29 is 14.3 Å². The monoisotopic (exact) mass is 363 g/mol. The highest BCUT2D eigenvalue weighted by Gasteiger charge is 2.40. The summed E-state index contributed by atoms with van der Waals surface area (Å²) in [5.74, 6) is 0.0609. The number of carbonyl (C=O) groups is 2. The predicted molar refractivity (Wildman–Crippen MR) is 105 cm³/mol. The summed E-state index contributed by atoms with van der Waals surface area (Å²) < 4.78 is 5.24. The number of Topliss-reactive ketones (excluding diaryl/α,β-unsaturated/α-hetero) is 1.